The minimum Gasteiger partial charge on any atom is -0.378 e. The first-order valence-electron chi connectivity index (χ1n) is 7.36. The molecule has 1 fully saturated rings. The second-order valence-electron chi connectivity index (χ2n) is 5.61. The molecule has 1 aromatic rings. The molecule has 1 saturated heterocycles. The lowest BCUT2D eigenvalue weighted by molar-refractivity contribution is 0.0952. The van der Waals surface area contributed by atoms with Crippen molar-refractivity contribution in [1.82, 2.24) is 20.1 Å². The summed E-state index contributed by atoms with van der Waals surface area (Å²) < 4.78 is 7.73. The number of hydrogen-bond acceptors (Lipinski definition) is 4. The van der Waals surface area contributed by atoms with Crippen LogP contribution in [0.3, 0.4) is 0 Å². The van der Waals surface area contributed by atoms with Gasteiger partial charge in [-0.3, -0.25) is 0 Å². The van der Waals surface area contributed by atoms with Gasteiger partial charge in [-0.2, -0.15) is 5.10 Å². The Morgan fingerprint density at radius 2 is 2.32 bits per heavy atom. The van der Waals surface area contributed by atoms with Crippen molar-refractivity contribution in [2.45, 2.75) is 58.7 Å². The Balaban J connectivity index is 2.09. The van der Waals surface area contributed by atoms with Gasteiger partial charge in [0.1, 0.15) is 12.2 Å². The van der Waals surface area contributed by atoms with Gasteiger partial charge in [-0.05, 0) is 33.7 Å². The fraction of sp³-hybridized carbons (Fsp3) is 0.857. The van der Waals surface area contributed by atoms with Crippen LogP contribution in [0, 0.1) is 5.92 Å². The number of rotatable bonds is 6. The largest absolute Gasteiger partial charge is 0.378 e. The maximum Gasteiger partial charge on any atom is 0.138 e. The van der Waals surface area contributed by atoms with E-state index in [1.165, 1.54) is 0 Å². The lowest BCUT2D eigenvalue weighted by Crippen LogP contribution is -2.41. The molecule has 2 heterocycles. The molecule has 3 unspecified atom stereocenters. The van der Waals surface area contributed by atoms with Crippen LogP contribution in [0.15, 0.2) is 6.33 Å². The minimum absolute atomic E-state index is 0.333. The zero-order valence-electron chi connectivity index (χ0n) is 12.5. The van der Waals surface area contributed by atoms with Gasteiger partial charge in [-0.25, -0.2) is 9.67 Å². The Morgan fingerprint density at radius 1 is 1.53 bits per heavy atom. The highest BCUT2D eigenvalue weighted by atomic mass is 16.5. The summed E-state index contributed by atoms with van der Waals surface area (Å²) in [4.78, 5) is 4.43. The van der Waals surface area contributed by atoms with Gasteiger partial charge >= 0.3 is 0 Å². The molecule has 1 aliphatic rings. The molecule has 5 heteroatoms. The third-order valence-corrected chi connectivity index (χ3v) is 3.96. The third-order valence-electron chi connectivity index (χ3n) is 3.96. The number of likely N-dealkylation sites (N-methyl/N-ethyl adjacent to an activating group) is 1. The number of aromatic nitrogens is 3. The highest BCUT2D eigenvalue weighted by Crippen LogP contribution is 2.26. The zero-order valence-corrected chi connectivity index (χ0v) is 12.5. The first kappa shape index (κ1) is 14.5. The molecule has 0 aliphatic carbocycles. The quantitative estimate of drug-likeness (QED) is 0.853. The van der Waals surface area contributed by atoms with Crippen LogP contribution in [0.4, 0.5) is 0 Å². The van der Waals surface area contributed by atoms with E-state index in [4.69, 9.17) is 4.74 Å². The zero-order chi connectivity index (χ0) is 13.8. The number of hydrogen-bond donors (Lipinski definition) is 1. The number of nitrogens with zero attached hydrogens (tertiary/aromatic N) is 3. The van der Waals surface area contributed by atoms with Gasteiger partial charge in [0.25, 0.3) is 0 Å². The molecule has 1 aromatic heterocycles. The molecular formula is C14H26N4O. The lowest BCUT2D eigenvalue weighted by Gasteiger charge is -2.26. The first-order chi connectivity index (χ1) is 9.13. The first-order valence-corrected chi connectivity index (χ1v) is 7.36. The number of nitrogens with one attached hydrogen (secondary N) is 1. The van der Waals surface area contributed by atoms with E-state index in [0.29, 0.717) is 24.1 Å². The second-order valence-corrected chi connectivity index (χ2v) is 5.61. The second kappa shape index (κ2) is 6.48. The molecule has 3 atom stereocenters. The molecule has 1 N–H and O–H groups in total. The van der Waals surface area contributed by atoms with Gasteiger partial charge in [-0.15, -0.1) is 0 Å². The van der Waals surface area contributed by atoms with Crippen LogP contribution in [0.1, 0.15) is 46.0 Å². The standard InChI is InChI=1S/C14H26N4O/c1-5-15-13(12-6-7-19-11(12)4)8-14-16-9-17-18(14)10(2)3/h9-13,15H,5-8H2,1-4H3. The maximum atomic E-state index is 5.71. The van der Waals surface area contributed by atoms with Gasteiger partial charge < -0.3 is 10.1 Å². The van der Waals surface area contributed by atoms with E-state index in [0.717, 1.165) is 31.8 Å². The van der Waals surface area contributed by atoms with Crippen molar-refractivity contribution in [2.75, 3.05) is 13.2 Å². The van der Waals surface area contributed by atoms with E-state index < -0.39 is 0 Å². The van der Waals surface area contributed by atoms with E-state index in [2.05, 4.69) is 43.1 Å². The van der Waals surface area contributed by atoms with Gasteiger partial charge in [-0.1, -0.05) is 6.92 Å². The van der Waals surface area contributed by atoms with Crippen LogP contribution in [0.5, 0.6) is 0 Å². The lowest BCUT2D eigenvalue weighted by atomic mass is 9.91. The summed E-state index contributed by atoms with van der Waals surface area (Å²) in [5.41, 5.74) is 0. The average molecular weight is 266 g/mol. The molecule has 108 valence electrons. The van der Waals surface area contributed by atoms with E-state index in [1.807, 2.05) is 4.68 Å². The van der Waals surface area contributed by atoms with Gasteiger partial charge in [0.2, 0.25) is 0 Å². The fourth-order valence-electron chi connectivity index (χ4n) is 2.96. The summed E-state index contributed by atoms with van der Waals surface area (Å²) in [7, 11) is 0. The molecule has 5 nitrogen and oxygen atoms in total. The SMILES string of the molecule is CCNC(Cc1ncnn1C(C)C)C1CCOC1C. The Labute approximate surface area is 115 Å². The van der Waals surface area contributed by atoms with Crippen molar-refractivity contribution >= 4 is 0 Å². The Kier molecular flexibility index (Phi) is 4.93. The van der Waals surface area contributed by atoms with Crippen LogP contribution < -0.4 is 5.32 Å². The molecule has 0 saturated carbocycles. The smallest absolute Gasteiger partial charge is 0.138 e. The van der Waals surface area contributed by atoms with Gasteiger partial charge in [0.15, 0.2) is 0 Å². The Morgan fingerprint density at radius 3 is 2.89 bits per heavy atom. The molecule has 19 heavy (non-hydrogen) atoms. The molecule has 0 amide bonds. The molecule has 0 aromatic carbocycles. The van der Waals surface area contributed by atoms with Gasteiger partial charge in [0.05, 0.1) is 6.10 Å². The van der Waals surface area contributed by atoms with Crippen molar-refractivity contribution in [3.8, 4) is 0 Å². The molecule has 0 bridgehead atoms. The fourth-order valence-corrected chi connectivity index (χ4v) is 2.96. The van der Waals surface area contributed by atoms with Crippen LogP contribution in [-0.2, 0) is 11.2 Å². The van der Waals surface area contributed by atoms with E-state index >= 15 is 0 Å². The predicted molar refractivity (Wildman–Crippen MR) is 75.1 cm³/mol. The summed E-state index contributed by atoms with van der Waals surface area (Å²) >= 11 is 0. The van der Waals surface area contributed by atoms with Crippen molar-refractivity contribution in [3.63, 3.8) is 0 Å². The monoisotopic (exact) mass is 266 g/mol. The van der Waals surface area contributed by atoms with Crippen LogP contribution in [-0.4, -0.2) is 40.1 Å². The highest BCUT2D eigenvalue weighted by Gasteiger charge is 2.32. The summed E-state index contributed by atoms with van der Waals surface area (Å²) in [6.45, 7) is 10.5. The van der Waals surface area contributed by atoms with Crippen molar-refractivity contribution < 1.29 is 4.74 Å². The van der Waals surface area contributed by atoms with E-state index in [9.17, 15) is 0 Å². The molecular weight excluding hydrogens is 240 g/mol. The predicted octanol–water partition coefficient (Wildman–Crippen LogP) is 1.80. The normalized spacial score (nSPS) is 25.1. The van der Waals surface area contributed by atoms with Crippen molar-refractivity contribution in [2.24, 2.45) is 5.92 Å². The Bertz CT molecular complexity index is 391. The summed E-state index contributed by atoms with van der Waals surface area (Å²) in [6, 6.07) is 0.779. The molecule has 1 aliphatic heterocycles. The third kappa shape index (κ3) is 3.34. The molecule has 0 radical (unpaired) electrons. The minimum atomic E-state index is 0.333. The van der Waals surface area contributed by atoms with Gasteiger partial charge in [0, 0.05) is 31.0 Å². The van der Waals surface area contributed by atoms with Crippen LogP contribution >= 0.6 is 0 Å². The Hall–Kier alpha value is -0.940. The van der Waals surface area contributed by atoms with Crippen LogP contribution in [0.25, 0.3) is 0 Å². The molecule has 2 rings (SSSR count). The average Bonchev–Trinajstić information content (AvgIpc) is 2.97. The number of ether oxygens (including phenoxy) is 1. The van der Waals surface area contributed by atoms with Crippen LogP contribution in [0.2, 0.25) is 0 Å². The van der Waals surface area contributed by atoms with E-state index in [1.54, 1.807) is 6.33 Å². The highest BCUT2D eigenvalue weighted by molar-refractivity contribution is 4.95. The van der Waals surface area contributed by atoms with Crippen molar-refractivity contribution in [1.29, 1.82) is 0 Å². The summed E-state index contributed by atoms with van der Waals surface area (Å²) in [5, 5.41) is 7.92. The van der Waals surface area contributed by atoms with E-state index in [-0.39, 0.29) is 0 Å². The van der Waals surface area contributed by atoms with Crippen molar-refractivity contribution in [3.05, 3.63) is 12.2 Å². The molecule has 0 spiro atoms. The topological polar surface area (TPSA) is 52.0 Å². The maximum absolute atomic E-state index is 5.71. The summed E-state index contributed by atoms with van der Waals surface area (Å²) in [5.74, 6) is 1.64. The summed E-state index contributed by atoms with van der Waals surface area (Å²) in [6.07, 6.45) is 4.05.